The predicted octanol–water partition coefficient (Wildman–Crippen LogP) is 8.01. The Hall–Kier alpha value is -2.61. The third kappa shape index (κ3) is 6.43. The fourth-order valence-corrected chi connectivity index (χ4v) is 4.12. The highest BCUT2D eigenvalue weighted by molar-refractivity contribution is 6.10. The second-order valence-electron chi connectivity index (χ2n) is 8.63. The van der Waals surface area contributed by atoms with E-state index in [1.165, 1.54) is 22.3 Å². The van der Waals surface area contributed by atoms with Crippen LogP contribution in [0.3, 0.4) is 0 Å². The summed E-state index contributed by atoms with van der Waals surface area (Å²) in [5.74, 6) is 1.15. The van der Waals surface area contributed by atoms with Crippen LogP contribution < -0.4 is 4.74 Å². The summed E-state index contributed by atoms with van der Waals surface area (Å²) in [6.07, 6.45) is 10.0. The maximum atomic E-state index is 13.3. The van der Waals surface area contributed by atoms with Crippen LogP contribution in [-0.2, 0) is 6.42 Å². The molecule has 0 bridgehead atoms. The number of ketones is 1. The van der Waals surface area contributed by atoms with Gasteiger partial charge in [-0.3, -0.25) is 4.79 Å². The molecule has 2 rings (SSSR count). The lowest BCUT2D eigenvalue weighted by molar-refractivity contribution is 0.104. The van der Waals surface area contributed by atoms with Crippen LogP contribution in [-0.4, -0.2) is 12.9 Å². The van der Waals surface area contributed by atoms with Crippen molar-refractivity contribution in [2.45, 2.75) is 73.1 Å². The highest BCUT2D eigenvalue weighted by atomic mass is 16.5. The smallest absolute Gasteiger partial charge is 0.189 e. The van der Waals surface area contributed by atoms with Crippen LogP contribution in [0.2, 0.25) is 0 Å². The van der Waals surface area contributed by atoms with E-state index in [4.69, 9.17) is 4.74 Å². The normalized spacial score (nSPS) is 12.1. The van der Waals surface area contributed by atoms with Crippen molar-refractivity contribution in [3.05, 3.63) is 81.4 Å². The van der Waals surface area contributed by atoms with Gasteiger partial charge < -0.3 is 4.74 Å². The molecular weight excluding hydrogens is 380 g/mol. The van der Waals surface area contributed by atoms with Gasteiger partial charge >= 0.3 is 0 Å². The summed E-state index contributed by atoms with van der Waals surface area (Å²) in [7, 11) is 1.66. The summed E-state index contributed by atoms with van der Waals surface area (Å²) in [4.78, 5) is 13.3. The molecule has 0 spiro atoms. The topological polar surface area (TPSA) is 26.3 Å². The minimum absolute atomic E-state index is 0.0107. The van der Waals surface area contributed by atoms with E-state index in [-0.39, 0.29) is 5.78 Å². The van der Waals surface area contributed by atoms with Gasteiger partial charge in [0.1, 0.15) is 5.75 Å². The predicted molar refractivity (Wildman–Crippen MR) is 133 cm³/mol. The number of hydrogen-bond acceptors (Lipinski definition) is 2. The standard InChI is InChI=1S/C29H38O2/c1-8-10-24(9-2)26-19-28(31-7)29(22(6)25(26)17-11-20(3)4)27(30)18-16-23-14-12-21(5)13-15-23/h11-16,18-19,24H,8-10,17H2,1-7H3/b18-16+. The largest absolute Gasteiger partial charge is 0.496 e. The monoisotopic (exact) mass is 418 g/mol. The molecule has 1 unspecified atom stereocenters. The van der Waals surface area contributed by atoms with E-state index in [0.29, 0.717) is 17.2 Å². The van der Waals surface area contributed by atoms with Crippen LogP contribution in [0.15, 0.2) is 48.1 Å². The molecule has 0 aliphatic rings. The maximum Gasteiger partial charge on any atom is 0.189 e. The zero-order chi connectivity index (χ0) is 23.0. The molecule has 0 saturated carbocycles. The molecule has 31 heavy (non-hydrogen) atoms. The van der Waals surface area contributed by atoms with Gasteiger partial charge in [-0.1, -0.05) is 67.8 Å². The van der Waals surface area contributed by atoms with Gasteiger partial charge in [0.15, 0.2) is 5.78 Å². The van der Waals surface area contributed by atoms with Gasteiger partial charge in [0.2, 0.25) is 0 Å². The van der Waals surface area contributed by atoms with Gasteiger partial charge in [-0.25, -0.2) is 0 Å². The average Bonchev–Trinajstić information content (AvgIpc) is 2.75. The quantitative estimate of drug-likeness (QED) is 0.222. The number of aryl methyl sites for hydroxylation is 1. The number of methoxy groups -OCH3 is 1. The molecule has 1 atom stereocenters. The van der Waals surface area contributed by atoms with Gasteiger partial charge in [0.05, 0.1) is 12.7 Å². The Morgan fingerprint density at radius 3 is 2.32 bits per heavy atom. The number of benzene rings is 2. The minimum Gasteiger partial charge on any atom is -0.496 e. The van der Waals surface area contributed by atoms with Gasteiger partial charge in [-0.2, -0.15) is 0 Å². The first-order valence-corrected chi connectivity index (χ1v) is 11.4. The van der Waals surface area contributed by atoms with Gasteiger partial charge in [0.25, 0.3) is 0 Å². The lowest BCUT2D eigenvalue weighted by Crippen LogP contribution is -2.11. The summed E-state index contributed by atoms with van der Waals surface area (Å²) in [5, 5.41) is 0. The van der Waals surface area contributed by atoms with Crippen LogP contribution in [0, 0.1) is 13.8 Å². The molecule has 2 heteroatoms. The van der Waals surface area contributed by atoms with Crippen LogP contribution in [0.1, 0.15) is 91.1 Å². The van der Waals surface area contributed by atoms with Crippen molar-refractivity contribution >= 4 is 11.9 Å². The highest BCUT2D eigenvalue weighted by Gasteiger charge is 2.22. The zero-order valence-corrected chi connectivity index (χ0v) is 20.3. The molecule has 2 aromatic rings. The number of ether oxygens (including phenoxy) is 1. The molecule has 0 saturated heterocycles. The fourth-order valence-electron chi connectivity index (χ4n) is 4.12. The van der Waals surface area contributed by atoms with Gasteiger partial charge in [0, 0.05) is 0 Å². The molecule has 0 aliphatic heterocycles. The number of carbonyl (C=O) groups excluding carboxylic acids is 1. The molecule has 0 N–H and O–H groups in total. The second kappa shape index (κ2) is 11.7. The lowest BCUT2D eigenvalue weighted by atomic mass is 9.82. The van der Waals surface area contributed by atoms with Crippen molar-refractivity contribution in [3.8, 4) is 5.75 Å². The lowest BCUT2D eigenvalue weighted by Gasteiger charge is -2.23. The Bertz CT molecular complexity index is 942. The molecule has 166 valence electrons. The maximum absolute atomic E-state index is 13.3. The summed E-state index contributed by atoms with van der Waals surface area (Å²) in [6, 6.07) is 10.3. The first-order chi connectivity index (χ1) is 14.8. The molecule has 0 aromatic heterocycles. The van der Waals surface area contributed by atoms with Crippen molar-refractivity contribution in [1.82, 2.24) is 0 Å². The van der Waals surface area contributed by atoms with Crippen LogP contribution >= 0.6 is 0 Å². The third-order valence-electron chi connectivity index (χ3n) is 5.96. The Morgan fingerprint density at radius 1 is 1.10 bits per heavy atom. The molecule has 0 radical (unpaired) electrons. The number of allylic oxidation sites excluding steroid dienone is 3. The molecule has 2 nitrogen and oxygen atoms in total. The van der Waals surface area contributed by atoms with Crippen LogP contribution in [0.5, 0.6) is 5.75 Å². The van der Waals surface area contributed by atoms with E-state index in [0.717, 1.165) is 36.8 Å². The molecule has 2 aromatic carbocycles. The molecule has 0 amide bonds. The number of hydrogen-bond donors (Lipinski definition) is 0. The van der Waals surface area contributed by atoms with Crippen molar-refractivity contribution in [2.75, 3.05) is 7.11 Å². The van der Waals surface area contributed by atoms with Crippen molar-refractivity contribution < 1.29 is 9.53 Å². The second-order valence-corrected chi connectivity index (χ2v) is 8.63. The first-order valence-electron chi connectivity index (χ1n) is 11.4. The van der Waals surface area contributed by atoms with Crippen molar-refractivity contribution in [1.29, 1.82) is 0 Å². The average molecular weight is 419 g/mol. The Morgan fingerprint density at radius 2 is 1.77 bits per heavy atom. The highest BCUT2D eigenvalue weighted by Crippen LogP contribution is 2.37. The molecule has 0 fully saturated rings. The van der Waals surface area contributed by atoms with E-state index < -0.39 is 0 Å². The van der Waals surface area contributed by atoms with Crippen LogP contribution in [0.4, 0.5) is 0 Å². The van der Waals surface area contributed by atoms with Gasteiger partial charge in [-0.05, 0) is 87.3 Å². The van der Waals surface area contributed by atoms with Gasteiger partial charge in [-0.15, -0.1) is 0 Å². The summed E-state index contributed by atoms with van der Waals surface area (Å²) in [6.45, 7) is 12.9. The van der Waals surface area contributed by atoms with E-state index in [1.54, 1.807) is 13.2 Å². The summed E-state index contributed by atoms with van der Waals surface area (Å²) >= 11 is 0. The first kappa shape index (κ1) is 24.7. The fraction of sp³-hybridized carbons (Fsp3) is 0.414. The Kier molecular flexibility index (Phi) is 9.30. The van der Waals surface area contributed by atoms with Crippen molar-refractivity contribution in [2.24, 2.45) is 0 Å². The van der Waals surface area contributed by atoms with Crippen LogP contribution in [0.25, 0.3) is 6.08 Å². The summed E-state index contributed by atoms with van der Waals surface area (Å²) in [5.41, 5.74) is 7.84. The third-order valence-corrected chi connectivity index (χ3v) is 5.96. The van der Waals surface area contributed by atoms with E-state index in [2.05, 4.69) is 65.8 Å². The molecule has 0 aliphatic carbocycles. The Balaban J connectivity index is 2.57. The van der Waals surface area contributed by atoms with E-state index in [1.807, 2.05) is 18.2 Å². The zero-order valence-electron chi connectivity index (χ0n) is 20.3. The number of carbonyl (C=O) groups is 1. The number of rotatable bonds is 10. The van der Waals surface area contributed by atoms with E-state index >= 15 is 0 Å². The summed E-state index contributed by atoms with van der Waals surface area (Å²) < 4.78 is 5.74. The molecule has 0 heterocycles. The Labute approximate surface area is 189 Å². The molecular formula is C29H38O2. The SMILES string of the molecule is CCCC(CC)c1cc(OC)c(C(=O)/C=C/c2ccc(C)cc2)c(C)c1CC=C(C)C. The minimum atomic E-state index is -0.0107. The van der Waals surface area contributed by atoms with E-state index in [9.17, 15) is 4.79 Å². The van der Waals surface area contributed by atoms with Crippen molar-refractivity contribution in [3.63, 3.8) is 0 Å².